The van der Waals surface area contributed by atoms with E-state index in [2.05, 4.69) is 80.3 Å². The van der Waals surface area contributed by atoms with Crippen LogP contribution in [0.1, 0.15) is 107 Å². The van der Waals surface area contributed by atoms with E-state index in [9.17, 15) is 21.0 Å². The number of benzene rings is 4. The zero-order valence-corrected chi connectivity index (χ0v) is 29.8. The Morgan fingerprint density at radius 1 is 0.510 bits per heavy atom. The highest BCUT2D eigenvalue weighted by Gasteiger charge is 2.26. The Morgan fingerprint density at radius 3 is 1.45 bits per heavy atom. The number of unbranched alkanes of at least 4 members (excludes halogenated alkanes) is 3. The molecule has 250 valence electrons. The van der Waals surface area contributed by atoms with Gasteiger partial charge in [-0.2, -0.15) is 21.0 Å². The van der Waals surface area contributed by atoms with Gasteiger partial charge in [-0.25, -0.2) is 19.9 Å². The molecule has 3 aromatic heterocycles. The summed E-state index contributed by atoms with van der Waals surface area (Å²) >= 11 is 0. The van der Waals surface area contributed by atoms with E-state index in [1.165, 1.54) is 11.4 Å². The number of fused-ring (bicyclic) bond motifs is 6. The quantitative estimate of drug-likeness (QED) is 0.0927. The standard InChI is InChI=1S/C42H37N9/c1-41(2,3)32-17-18-33(42(4,5)6)51(32)19-10-8-7-9-12-24-15-16-27-36-34(24)40-39(49-30(22-45)31(23-46)50-40)26-14-11-13-25(35(26)36)37-38(27)48-29(21-44)28(20-43)47-37/h11,13-18H,7-10,12,19H2,1-6H3. The third-order valence-corrected chi connectivity index (χ3v) is 9.92. The molecule has 0 aliphatic heterocycles. The van der Waals surface area contributed by atoms with Gasteiger partial charge < -0.3 is 4.57 Å². The zero-order chi connectivity index (χ0) is 36.2. The second-order valence-electron chi connectivity index (χ2n) is 15.4. The molecule has 0 saturated carbocycles. The third-order valence-electron chi connectivity index (χ3n) is 9.92. The fraction of sp³-hybridized carbons (Fsp3) is 0.333. The van der Waals surface area contributed by atoms with Crippen molar-refractivity contribution in [2.45, 2.75) is 91.0 Å². The number of nitrogens with zero attached hydrogens (tertiary/aromatic N) is 9. The van der Waals surface area contributed by atoms with Gasteiger partial charge in [0.25, 0.3) is 0 Å². The van der Waals surface area contributed by atoms with Crippen LogP contribution >= 0.6 is 0 Å². The summed E-state index contributed by atoms with van der Waals surface area (Å²) in [5.41, 5.74) is 5.97. The van der Waals surface area contributed by atoms with E-state index in [0.29, 0.717) is 22.1 Å². The van der Waals surface area contributed by atoms with E-state index in [4.69, 9.17) is 9.97 Å². The van der Waals surface area contributed by atoms with E-state index in [-0.39, 0.29) is 33.6 Å². The second-order valence-corrected chi connectivity index (χ2v) is 15.4. The largest absolute Gasteiger partial charge is 0.348 e. The van der Waals surface area contributed by atoms with E-state index >= 15 is 0 Å². The van der Waals surface area contributed by atoms with Crippen molar-refractivity contribution in [1.29, 1.82) is 21.0 Å². The Hall–Kier alpha value is -6.16. The minimum Gasteiger partial charge on any atom is -0.348 e. The summed E-state index contributed by atoms with van der Waals surface area (Å²) in [5, 5.41) is 44.4. The fourth-order valence-electron chi connectivity index (χ4n) is 7.68. The SMILES string of the molecule is CC(C)(C)c1ccc(C(C)(C)C)n1CCCCCCc1ccc2c3nc(C#N)c(C#N)nc3c3cccc4c5nc(C#N)c(C#N)nc5c1c2c34. The van der Waals surface area contributed by atoms with Gasteiger partial charge in [0, 0.05) is 61.1 Å². The van der Waals surface area contributed by atoms with Crippen LogP contribution in [-0.4, -0.2) is 24.5 Å². The summed E-state index contributed by atoms with van der Waals surface area (Å²) in [6.45, 7) is 14.6. The summed E-state index contributed by atoms with van der Waals surface area (Å²) in [7, 11) is 0. The van der Waals surface area contributed by atoms with Crippen LogP contribution in [0.5, 0.6) is 0 Å². The lowest BCUT2D eigenvalue weighted by molar-refractivity contribution is 0.450. The molecule has 0 spiro atoms. The molecule has 0 aliphatic rings. The van der Waals surface area contributed by atoms with Crippen LogP contribution < -0.4 is 0 Å². The molecular formula is C42H37N9. The maximum Gasteiger partial charge on any atom is 0.177 e. The molecule has 9 nitrogen and oxygen atoms in total. The van der Waals surface area contributed by atoms with Gasteiger partial charge in [-0.1, -0.05) is 84.7 Å². The van der Waals surface area contributed by atoms with E-state index in [1.807, 2.05) is 42.5 Å². The molecule has 0 fully saturated rings. The Labute approximate surface area is 296 Å². The first-order valence-electron chi connectivity index (χ1n) is 17.4. The maximum atomic E-state index is 9.95. The smallest absolute Gasteiger partial charge is 0.177 e. The van der Waals surface area contributed by atoms with Gasteiger partial charge in [0.2, 0.25) is 0 Å². The van der Waals surface area contributed by atoms with Crippen LogP contribution in [-0.2, 0) is 23.8 Å². The Bertz CT molecular complexity index is 2660. The van der Waals surface area contributed by atoms with E-state index < -0.39 is 0 Å². The molecule has 0 amide bonds. The monoisotopic (exact) mass is 667 g/mol. The van der Waals surface area contributed by atoms with Crippen LogP contribution in [0.3, 0.4) is 0 Å². The number of hydrogen-bond donors (Lipinski definition) is 0. The Kier molecular flexibility index (Phi) is 8.05. The number of hydrogen-bond acceptors (Lipinski definition) is 8. The molecule has 0 saturated heterocycles. The predicted octanol–water partition coefficient (Wildman–Crippen LogP) is 9.16. The van der Waals surface area contributed by atoms with Crippen molar-refractivity contribution in [3.63, 3.8) is 0 Å². The lowest BCUT2D eigenvalue weighted by atomic mass is 9.87. The highest BCUT2D eigenvalue weighted by atomic mass is 15.0. The average Bonchev–Trinajstić information content (AvgIpc) is 3.57. The molecule has 7 rings (SSSR count). The van der Waals surface area contributed by atoms with Gasteiger partial charge in [-0.15, -0.1) is 0 Å². The maximum absolute atomic E-state index is 9.95. The first-order valence-corrected chi connectivity index (χ1v) is 17.4. The molecule has 0 unspecified atom stereocenters. The number of aromatic nitrogens is 5. The van der Waals surface area contributed by atoms with Gasteiger partial charge in [-0.05, 0) is 37.0 Å². The molecule has 0 radical (unpaired) electrons. The Balaban J connectivity index is 1.32. The second kappa shape index (κ2) is 12.3. The van der Waals surface area contributed by atoms with Crippen LogP contribution in [0.25, 0.3) is 54.4 Å². The number of aryl methyl sites for hydroxylation is 1. The molecule has 51 heavy (non-hydrogen) atoms. The van der Waals surface area contributed by atoms with Crippen molar-refractivity contribution in [3.8, 4) is 24.3 Å². The summed E-state index contributed by atoms with van der Waals surface area (Å²) in [5.74, 6) is 0. The first-order chi connectivity index (χ1) is 24.4. The van der Waals surface area contributed by atoms with Crippen molar-refractivity contribution < 1.29 is 0 Å². The first kappa shape index (κ1) is 33.3. The van der Waals surface area contributed by atoms with Crippen molar-refractivity contribution in [2.75, 3.05) is 0 Å². The van der Waals surface area contributed by atoms with Crippen LogP contribution in [0.4, 0.5) is 0 Å². The number of rotatable bonds is 7. The van der Waals surface area contributed by atoms with Crippen LogP contribution in [0.15, 0.2) is 42.5 Å². The van der Waals surface area contributed by atoms with Crippen LogP contribution in [0.2, 0.25) is 0 Å². The summed E-state index contributed by atoms with van der Waals surface area (Å²) in [6.07, 6.45) is 4.94. The molecular weight excluding hydrogens is 631 g/mol. The zero-order valence-electron chi connectivity index (χ0n) is 29.8. The van der Waals surface area contributed by atoms with E-state index in [0.717, 1.165) is 76.5 Å². The highest BCUT2D eigenvalue weighted by molar-refractivity contribution is 6.38. The lowest BCUT2D eigenvalue weighted by Gasteiger charge is -2.27. The normalized spacial score (nSPS) is 12.1. The summed E-state index contributed by atoms with van der Waals surface area (Å²) < 4.78 is 2.53. The van der Waals surface area contributed by atoms with Gasteiger partial charge in [0.1, 0.15) is 24.3 Å². The predicted molar refractivity (Wildman–Crippen MR) is 199 cm³/mol. The Morgan fingerprint density at radius 2 is 0.961 bits per heavy atom. The van der Waals surface area contributed by atoms with Gasteiger partial charge in [0.15, 0.2) is 22.8 Å². The number of nitriles is 4. The molecule has 0 bridgehead atoms. The summed E-state index contributed by atoms with van der Waals surface area (Å²) in [6, 6.07) is 22.6. The van der Waals surface area contributed by atoms with Gasteiger partial charge in [0.05, 0.1) is 22.1 Å². The van der Waals surface area contributed by atoms with Crippen molar-refractivity contribution in [2.24, 2.45) is 0 Å². The fourth-order valence-corrected chi connectivity index (χ4v) is 7.68. The average molecular weight is 668 g/mol. The van der Waals surface area contributed by atoms with Gasteiger partial charge in [-0.3, -0.25) is 0 Å². The lowest BCUT2D eigenvalue weighted by Crippen LogP contribution is -2.23. The molecule has 3 heterocycles. The molecule has 0 atom stereocenters. The highest BCUT2D eigenvalue weighted by Crippen LogP contribution is 2.45. The summed E-state index contributed by atoms with van der Waals surface area (Å²) in [4.78, 5) is 18.8. The minimum absolute atomic E-state index is 0.0184. The molecule has 7 aromatic rings. The molecule has 0 N–H and O–H groups in total. The molecule has 4 aromatic carbocycles. The third kappa shape index (κ3) is 5.43. The van der Waals surface area contributed by atoms with Crippen molar-refractivity contribution in [1.82, 2.24) is 24.5 Å². The van der Waals surface area contributed by atoms with Gasteiger partial charge >= 0.3 is 0 Å². The van der Waals surface area contributed by atoms with Crippen LogP contribution in [0, 0.1) is 45.3 Å². The molecule has 0 aliphatic carbocycles. The topological polar surface area (TPSA) is 152 Å². The minimum atomic E-state index is -0.0309. The van der Waals surface area contributed by atoms with E-state index in [1.54, 1.807) is 0 Å². The molecule has 9 heteroatoms. The van der Waals surface area contributed by atoms with Crippen molar-refractivity contribution in [3.05, 3.63) is 82.2 Å². The van der Waals surface area contributed by atoms with Crippen molar-refractivity contribution >= 4 is 54.4 Å².